The van der Waals surface area contributed by atoms with Crippen LogP contribution in [-0.4, -0.2) is 32.2 Å². The second-order valence-electron chi connectivity index (χ2n) is 4.59. The van der Waals surface area contributed by atoms with Crippen LogP contribution in [0.1, 0.15) is 12.8 Å². The quantitative estimate of drug-likeness (QED) is 0.842. The fraction of sp³-hybridized carbons (Fsp3) is 0.462. The third kappa shape index (κ3) is 1.95. The van der Waals surface area contributed by atoms with E-state index in [0.717, 1.165) is 31.9 Å². The van der Waals surface area contributed by atoms with Gasteiger partial charge in [-0.05, 0) is 37.1 Å². The molecule has 0 aromatic heterocycles. The molecule has 0 bridgehead atoms. The first-order valence-corrected chi connectivity index (χ1v) is 6.25. The zero-order chi connectivity index (χ0) is 11.7. The van der Waals surface area contributed by atoms with Gasteiger partial charge in [0.2, 0.25) is 0 Å². The van der Waals surface area contributed by atoms with E-state index in [-0.39, 0.29) is 6.03 Å². The molecule has 0 aliphatic carbocycles. The average Bonchev–Trinajstić information content (AvgIpc) is 3.00. The van der Waals surface area contributed by atoms with Gasteiger partial charge in [-0.2, -0.15) is 0 Å². The van der Waals surface area contributed by atoms with Crippen LogP contribution in [0.25, 0.3) is 0 Å². The molecule has 4 nitrogen and oxygen atoms in total. The van der Waals surface area contributed by atoms with Crippen molar-refractivity contribution < 1.29 is 4.79 Å². The van der Waals surface area contributed by atoms with Crippen LogP contribution in [0.15, 0.2) is 24.3 Å². The van der Waals surface area contributed by atoms with E-state index >= 15 is 0 Å². The highest BCUT2D eigenvalue weighted by Crippen LogP contribution is 2.24. The molecule has 0 spiro atoms. The van der Waals surface area contributed by atoms with Gasteiger partial charge < -0.3 is 10.2 Å². The number of urea groups is 1. The number of carbonyl (C=O) groups excluding carboxylic acids is 1. The van der Waals surface area contributed by atoms with Crippen LogP contribution in [0.5, 0.6) is 0 Å². The standard InChI is InChI=1S/C13H17N3O/c17-13-14-7-10-16(13)12-5-3-11(4-6-12)15-8-1-2-9-15/h3-6H,1-2,7-10H2,(H,14,17). The van der Waals surface area contributed by atoms with E-state index in [1.807, 2.05) is 12.1 Å². The number of rotatable bonds is 2. The molecule has 17 heavy (non-hydrogen) atoms. The number of anilines is 2. The molecule has 90 valence electrons. The van der Waals surface area contributed by atoms with Crippen molar-refractivity contribution in [2.75, 3.05) is 36.0 Å². The number of hydrogen-bond donors (Lipinski definition) is 1. The lowest BCUT2D eigenvalue weighted by Gasteiger charge is -2.19. The number of nitrogens with zero attached hydrogens (tertiary/aromatic N) is 2. The van der Waals surface area contributed by atoms with Gasteiger partial charge in [0, 0.05) is 37.6 Å². The second-order valence-corrected chi connectivity index (χ2v) is 4.59. The van der Waals surface area contributed by atoms with Crippen LogP contribution < -0.4 is 15.1 Å². The topological polar surface area (TPSA) is 35.6 Å². The minimum absolute atomic E-state index is 0.0129. The molecule has 3 rings (SSSR count). The van der Waals surface area contributed by atoms with Crippen molar-refractivity contribution in [2.45, 2.75) is 12.8 Å². The van der Waals surface area contributed by atoms with Crippen LogP contribution >= 0.6 is 0 Å². The lowest BCUT2D eigenvalue weighted by molar-refractivity contribution is 0.252. The Bertz CT molecular complexity index is 409. The fourth-order valence-corrected chi connectivity index (χ4v) is 2.54. The largest absolute Gasteiger partial charge is 0.372 e. The van der Waals surface area contributed by atoms with Gasteiger partial charge in [-0.25, -0.2) is 4.79 Å². The van der Waals surface area contributed by atoms with E-state index in [2.05, 4.69) is 22.3 Å². The molecule has 2 aliphatic heterocycles. The maximum absolute atomic E-state index is 11.5. The smallest absolute Gasteiger partial charge is 0.321 e. The molecule has 0 atom stereocenters. The van der Waals surface area contributed by atoms with E-state index in [1.165, 1.54) is 18.5 Å². The number of amides is 2. The van der Waals surface area contributed by atoms with Gasteiger partial charge in [-0.15, -0.1) is 0 Å². The van der Waals surface area contributed by atoms with E-state index in [0.29, 0.717) is 0 Å². The van der Waals surface area contributed by atoms with Crippen LogP contribution in [0, 0.1) is 0 Å². The van der Waals surface area contributed by atoms with Crippen molar-refractivity contribution in [1.29, 1.82) is 0 Å². The predicted molar refractivity (Wildman–Crippen MR) is 68.6 cm³/mol. The molecule has 0 saturated carbocycles. The van der Waals surface area contributed by atoms with Crippen LogP contribution in [-0.2, 0) is 0 Å². The van der Waals surface area contributed by atoms with Gasteiger partial charge in [0.25, 0.3) is 0 Å². The highest BCUT2D eigenvalue weighted by atomic mass is 16.2. The molecule has 2 amide bonds. The fourth-order valence-electron chi connectivity index (χ4n) is 2.54. The molecular formula is C13H17N3O. The molecule has 1 aromatic carbocycles. The number of hydrogen-bond acceptors (Lipinski definition) is 2. The van der Waals surface area contributed by atoms with Crippen LogP contribution in [0.3, 0.4) is 0 Å². The Labute approximate surface area is 101 Å². The molecule has 2 fully saturated rings. The molecule has 0 unspecified atom stereocenters. The molecule has 1 N–H and O–H groups in total. The molecule has 4 heteroatoms. The van der Waals surface area contributed by atoms with Crippen molar-refractivity contribution >= 4 is 17.4 Å². The van der Waals surface area contributed by atoms with Gasteiger partial charge in [0.05, 0.1) is 0 Å². The zero-order valence-electron chi connectivity index (χ0n) is 9.85. The lowest BCUT2D eigenvalue weighted by atomic mass is 10.2. The van der Waals surface area contributed by atoms with E-state index in [1.54, 1.807) is 4.90 Å². The first-order valence-electron chi connectivity index (χ1n) is 6.25. The Morgan fingerprint density at radius 1 is 0.941 bits per heavy atom. The second kappa shape index (κ2) is 4.28. The normalized spacial score (nSPS) is 19.9. The van der Waals surface area contributed by atoms with E-state index in [4.69, 9.17) is 0 Å². The lowest BCUT2D eigenvalue weighted by Crippen LogP contribution is -2.27. The third-order valence-electron chi connectivity index (χ3n) is 3.49. The predicted octanol–water partition coefficient (Wildman–Crippen LogP) is 1.82. The number of nitrogens with one attached hydrogen (secondary N) is 1. The van der Waals surface area contributed by atoms with Gasteiger partial charge in [0.15, 0.2) is 0 Å². The number of carbonyl (C=O) groups is 1. The van der Waals surface area contributed by atoms with Crippen molar-refractivity contribution in [1.82, 2.24) is 5.32 Å². The molecular weight excluding hydrogens is 214 g/mol. The van der Waals surface area contributed by atoms with Crippen molar-refractivity contribution in [3.05, 3.63) is 24.3 Å². The Balaban J connectivity index is 1.77. The molecule has 2 saturated heterocycles. The average molecular weight is 231 g/mol. The summed E-state index contributed by atoms with van der Waals surface area (Å²) in [4.78, 5) is 15.7. The van der Waals surface area contributed by atoms with Gasteiger partial charge >= 0.3 is 6.03 Å². The summed E-state index contributed by atoms with van der Waals surface area (Å²) in [6.45, 7) is 3.82. The van der Waals surface area contributed by atoms with Gasteiger partial charge in [-0.1, -0.05) is 0 Å². The Morgan fingerprint density at radius 3 is 2.18 bits per heavy atom. The van der Waals surface area contributed by atoms with E-state index in [9.17, 15) is 4.79 Å². The summed E-state index contributed by atoms with van der Waals surface area (Å²) in [5.74, 6) is 0. The Hall–Kier alpha value is -1.71. The van der Waals surface area contributed by atoms with Crippen LogP contribution in [0.4, 0.5) is 16.2 Å². The Kier molecular flexibility index (Phi) is 2.63. The minimum atomic E-state index is 0.0129. The van der Waals surface area contributed by atoms with Crippen LogP contribution in [0.2, 0.25) is 0 Å². The summed E-state index contributed by atoms with van der Waals surface area (Å²) in [7, 11) is 0. The molecule has 0 radical (unpaired) electrons. The SMILES string of the molecule is O=C1NCCN1c1ccc(N2CCCC2)cc1. The monoisotopic (exact) mass is 231 g/mol. The summed E-state index contributed by atoms with van der Waals surface area (Å²) in [6, 6.07) is 8.33. The highest BCUT2D eigenvalue weighted by Gasteiger charge is 2.21. The molecule has 2 aliphatic rings. The minimum Gasteiger partial charge on any atom is -0.372 e. The van der Waals surface area contributed by atoms with Crippen molar-refractivity contribution in [2.24, 2.45) is 0 Å². The molecule has 1 aromatic rings. The zero-order valence-corrected chi connectivity index (χ0v) is 9.85. The summed E-state index contributed by atoms with van der Waals surface area (Å²) in [5, 5.41) is 2.81. The maximum atomic E-state index is 11.5. The first kappa shape index (κ1) is 10.4. The highest BCUT2D eigenvalue weighted by molar-refractivity contribution is 5.94. The summed E-state index contributed by atoms with van der Waals surface area (Å²) in [6.07, 6.45) is 2.58. The van der Waals surface area contributed by atoms with Crippen molar-refractivity contribution in [3.63, 3.8) is 0 Å². The Morgan fingerprint density at radius 2 is 1.59 bits per heavy atom. The third-order valence-corrected chi connectivity index (χ3v) is 3.49. The number of benzene rings is 1. The van der Waals surface area contributed by atoms with Gasteiger partial charge in [0.1, 0.15) is 0 Å². The maximum Gasteiger partial charge on any atom is 0.321 e. The summed E-state index contributed by atoms with van der Waals surface area (Å²) in [5.41, 5.74) is 2.26. The molecule has 2 heterocycles. The van der Waals surface area contributed by atoms with Crippen molar-refractivity contribution in [3.8, 4) is 0 Å². The first-order chi connectivity index (χ1) is 8.34. The van der Waals surface area contributed by atoms with E-state index < -0.39 is 0 Å². The summed E-state index contributed by atoms with van der Waals surface area (Å²) < 4.78 is 0. The van der Waals surface area contributed by atoms with Gasteiger partial charge in [-0.3, -0.25) is 4.90 Å². The summed E-state index contributed by atoms with van der Waals surface area (Å²) >= 11 is 0.